The summed E-state index contributed by atoms with van der Waals surface area (Å²) in [4.78, 5) is 0. The van der Waals surface area contributed by atoms with E-state index < -0.39 is 7.05 Å². The first kappa shape index (κ1) is 12.4. The van der Waals surface area contributed by atoms with Crippen LogP contribution in [-0.4, -0.2) is 24.0 Å². The maximum absolute atomic E-state index is 9.10. The van der Waals surface area contributed by atoms with Crippen molar-refractivity contribution >= 4 is 28.7 Å². The molecule has 0 spiro atoms. The molecule has 5 heteroatoms. The molecule has 0 aliphatic rings. The monoisotopic (exact) mass is 271 g/mol. The molecule has 82 valence electrons. The Balaban J connectivity index is 2.42. The van der Waals surface area contributed by atoms with Crippen LogP contribution in [0.15, 0.2) is 24.3 Å². The molecule has 1 aromatic carbocycles. The van der Waals surface area contributed by atoms with Gasteiger partial charge < -0.3 is 15.0 Å². The average molecular weight is 272 g/mol. The maximum Gasteiger partial charge on any atom is 0.406 e. The molecule has 0 aromatic heterocycles. The third kappa shape index (κ3) is 5.09. The van der Waals surface area contributed by atoms with E-state index in [2.05, 4.69) is 21.2 Å². The summed E-state index contributed by atoms with van der Waals surface area (Å²) in [5.41, 5.74) is 0.887. The molecular weight excluding hydrogens is 257 g/mol. The normalized spacial score (nSPS) is 9.80. The molecule has 0 saturated carbocycles. The molecule has 0 aliphatic carbocycles. The molecule has 0 heterocycles. The number of alkyl halides is 1. The second kappa shape index (κ2) is 6.74. The van der Waals surface area contributed by atoms with Crippen LogP contribution in [0.5, 0.6) is 5.75 Å². The van der Waals surface area contributed by atoms with Crippen LogP contribution in [-0.2, 0) is 0 Å². The molecule has 1 aromatic rings. The van der Waals surface area contributed by atoms with Crippen LogP contribution in [0.2, 0.25) is 6.82 Å². The Morgan fingerprint density at radius 3 is 2.60 bits per heavy atom. The van der Waals surface area contributed by atoms with Crippen LogP contribution in [0.4, 0.5) is 5.69 Å². The fourth-order valence-electron chi connectivity index (χ4n) is 1.13. The van der Waals surface area contributed by atoms with E-state index >= 15 is 0 Å². The number of hydrogen-bond donors (Lipinski definition) is 2. The third-order valence-corrected chi connectivity index (χ3v) is 2.34. The molecule has 3 nitrogen and oxygen atoms in total. The number of halogens is 1. The number of hydrogen-bond acceptors (Lipinski definition) is 3. The van der Waals surface area contributed by atoms with E-state index in [9.17, 15) is 0 Å². The van der Waals surface area contributed by atoms with E-state index in [1.165, 1.54) is 0 Å². The van der Waals surface area contributed by atoms with Crippen LogP contribution in [0.25, 0.3) is 0 Å². The first-order valence-electron chi connectivity index (χ1n) is 4.96. The number of ether oxygens (including phenoxy) is 1. The predicted octanol–water partition coefficient (Wildman–Crippen LogP) is 2.37. The fraction of sp³-hybridized carbons (Fsp3) is 0.400. The predicted molar refractivity (Wildman–Crippen MR) is 67.8 cm³/mol. The molecule has 15 heavy (non-hydrogen) atoms. The second-order valence-electron chi connectivity index (χ2n) is 3.24. The molecule has 0 radical (unpaired) electrons. The van der Waals surface area contributed by atoms with Gasteiger partial charge >= 0.3 is 7.05 Å². The van der Waals surface area contributed by atoms with Crippen molar-refractivity contribution < 1.29 is 9.76 Å². The van der Waals surface area contributed by atoms with Gasteiger partial charge in [-0.05, 0) is 37.5 Å². The molecule has 2 N–H and O–H groups in total. The third-order valence-electron chi connectivity index (χ3n) is 1.78. The molecule has 0 saturated heterocycles. The van der Waals surface area contributed by atoms with Crippen molar-refractivity contribution in [2.24, 2.45) is 0 Å². The zero-order chi connectivity index (χ0) is 11.1. The SMILES string of the molecule is CB(O)Nc1ccc(OCCCBr)cc1. The first-order valence-corrected chi connectivity index (χ1v) is 6.08. The summed E-state index contributed by atoms with van der Waals surface area (Å²) >= 11 is 3.34. The van der Waals surface area contributed by atoms with E-state index in [4.69, 9.17) is 9.76 Å². The standard InChI is InChI=1S/C10H15BBrNO2/c1-11(14)13-9-3-5-10(6-4-9)15-8-2-7-12/h3-6,13-14H,2,7-8H2,1H3. The quantitative estimate of drug-likeness (QED) is 0.474. The number of nitrogens with one attached hydrogen (secondary N) is 1. The highest BCUT2D eigenvalue weighted by Crippen LogP contribution is 2.15. The van der Waals surface area contributed by atoms with E-state index in [0.29, 0.717) is 6.61 Å². The van der Waals surface area contributed by atoms with Gasteiger partial charge in [0.15, 0.2) is 0 Å². The van der Waals surface area contributed by atoms with Gasteiger partial charge in [0.1, 0.15) is 5.75 Å². The van der Waals surface area contributed by atoms with Crippen LogP contribution in [0.3, 0.4) is 0 Å². The summed E-state index contributed by atoms with van der Waals surface area (Å²) in [6, 6.07) is 7.55. The summed E-state index contributed by atoms with van der Waals surface area (Å²) in [7, 11) is -0.537. The Labute approximate surface area is 99.1 Å². The number of rotatable bonds is 6. The Morgan fingerprint density at radius 2 is 2.07 bits per heavy atom. The molecule has 0 unspecified atom stereocenters. The molecule has 0 aliphatic heterocycles. The lowest BCUT2D eigenvalue weighted by molar-refractivity contribution is 0.319. The van der Waals surface area contributed by atoms with Crippen molar-refractivity contribution in [1.82, 2.24) is 0 Å². The second-order valence-corrected chi connectivity index (χ2v) is 4.03. The fourth-order valence-corrected chi connectivity index (χ4v) is 1.36. The summed E-state index contributed by atoms with van der Waals surface area (Å²) in [5.74, 6) is 0.854. The van der Waals surface area contributed by atoms with Gasteiger partial charge in [0.25, 0.3) is 0 Å². The van der Waals surface area contributed by atoms with Crippen LogP contribution in [0.1, 0.15) is 6.42 Å². The molecule has 0 atom stereocenters. The highest BCUT2D eigenvalue weighted by Gasteiger charge is 2.02. The molecule has 0 fully saturated rings. The van der Waals surface area contributed by atoms with Crippen molar-refractivity contribution in [2.45, 2.75) is 13.2 Å². The van der Waals surface area contributed by atoms with E-state index in [1.807, 2.05) is 24.3 Å². The molecule has 0 amide bonds. The molecule has 1 rings (SSSR count). The zero-order valence-electron chi connectivity index (χ0n) is 8.74. The van der Waals surface area contributed by atoms with Crippen LogP contribution < -0.4 is 9.96 Å². The Hall–Kier alpha value is -0.675. The Morgan fingerprint density at radius 1 is 1.40 bits per heavy atom. The van der Waals surface area contributed by atoms with Crippen molar-refractivity contribution in [3.05, 3.63) is 24.3 Å². The number of anilines is 1. The van der Waals surface area contributed by atoms with Gasteiger partial charge in [-0.1, -0.05) is 15.9 Å². The highest BCUT2D eigenvalue weighted by molar-refractivity contribution is 9.09. The lowest BCUT2D eigenvalue weighted by atomic mass is 9.88. The first-order chi connectivity index (χ1) is 7.22. The van der Waals surface area contributed by atoms with E-state index in [1.54, 1.807) is 6.82 Å². The average Bonchev–Trinajstić information content (AvgIpc) is 2.20. The van der Waals surface area contributed by atoms with E-state index in [-0.39, 0.29) is 0 Å². The summed E-state index contributed by atoms with van der Waals surface area (Å²) in [5, 5.41) is 12.9. The van der Waals surface area contributed by atoms with E-state index in [0.717, 1.165) is 23.2 Å². The lowest BCUT2D eigenvalue weighted by Crippen LogP contribution is -2.19. The smallest absolute Gasteiger partial charge is 0.406 e. The maximum atomic E-state index is 9.10. The minimum Gasteiger partial charge on any atom is -0.494 e. The van der Waals surface area contributed by atoms with Gasteiger partial charge in [-0.3, -0.25) is 0 Å². The summed E-state index contributed by atoms with van der Waals surface area (Å²) < 4.78 is 5.49. The topological polar surface area (TPSA) is 41.5 Å². The van der Waals surface area contributed by atoms with Gasteiger partial charge in [0.2, 0.25) is 0 Å². The van der Waals surface area contributed by atoms with Crippen molar-refractivity contribution in [1.29, 1.82) is 0 Å². The summed E-state index contributed by atoms with van der Waals surface area (Å²) in [6.45, 7) is 2.40. The largest absolute Gasteiger partial charge is 0.494 e. The Bertz CT molecular complexity index is 279. The van der Waals surface area contributed by atoms with Crippen molar-refractivity contribution in [2.75, 3.05) is 17.2 Å². The minimum atomic E-state index is -0.537. The molecular formula is C10H15BBrNO2. The zero-order valence-corrected chi connectivity index (χ0v) is 10.3. The minimum absolute atomic E-state index is 0.537. The molecule has 0 bridgehead atoms. The van der Waals surface area contributed by atoms with Gasteiger partial charge in [0.05, 0.1) is 6.61 Å². The van der Waals surface area contributed by atoms with Crippen molar-refractivity contribution in [3.8, 4) is 5.75 Å². The van der Waals surface area contributed by atoms with Gasteiger partial charge in [-0.25, -0.2) is 0 Å². The Kier molecular flexibility index (Phi) is 5.57. The van der Waals surface area contributed by atoms with Gasteiger partial charge in [-0.2, -0.15) is 0 Å². The highest BCUT2D eigenvalue weighted by atomic mass is 79.9. The summed E-state index contributed by atoms with van der Waals surface area (Å²) in [6.07, 6.45) is 0.994. The number of benzene rings is 1. The lowest BCUT2D eigenvalue weighted by Gasteiger charge is -2.08. The van der Waals surface area contributed by atoms with Crippen molar-refractivity contribution in [3.63, 3.8) is 0 Å². The van der Waals surface area contributed by atoms with Crippen LogP contribution >= 0.6 is 15.9 Å². The van der Waals surface area contributed by atoms with Gasteiger partial charge in [-0.15, -0.1) is 0 Å². The van der Waals surface area contributed by atoms with Crippen LogP contribution in [0, 0.1) is 0 Å². The van der Waals surface area contributed by atoms with Gasteiger partial charge in [0, 0.05) is 11.0 Å².